The summed E-state index contributed by atoms with van der Waals surface area (Å²) in [6.45, 7) is 4.10. The molecule has 0 fully saturated rings. The summed E-state index contributed by atoms with van der Waals surface area (Å²) in [5, 5.41) is 0.863. The Kier molecular flexibility index (Phi) is 8.89. The number of rotatable bonds is 4. The topological polar surface area (TPSA) is 17.1 Å². The van der Waals surface area contributed by atoms with Gasteiger partial charge in [0.1, 0.15) is 0 Å². The van der Waals surface area contributed by atoms with Gasteiger partial charge in [-0.15, -0.1) is 0 Å². The van der Waals surface area contributed by atoms with Crippen molar-refractivity contribution in [3.8, 4) is 0 Å². The maximum atomic E-state index is 12.0. The third kappa shape index (κ3) is 4.88. The molecule has 0 aliphatic heterocycles. The monoisotopic (exact) mass is 337 g/mol. The van der Waals surface area contributed by atoms with Gasteiger partial charge in [0.25, 0.3) is 0 Å². The van der Waals surface area contributed by atoms with Gasteiger partial charge in [0, 0.05) is 18.9 Å². The van der Waals surface area contributed by atoms with E-state index in [1.807, 2.05) is 0 Å². The third-order valence-corrected chi connectivity index (χ3v) is 5.18. The fourth-order valence-electron chi connectivity index (χ4n) is 1.16. The van der Waals surface area contributed by atoms with Crippen LogP contribution in [0.15, 0.2) is 6.07 Å². The molecule has 0 saturated carbocycles. The normalized spacial score (nSPS) is 11.1. The summed E-state index contributed by atoms with van der Waals surface area (Å²) in [5.74, 6) is 0.449. The van der Waals surface area contributed by atoms with E-state index in [2.05, 4.69) is 13.8 Å². The Bertz CT molecular complexity index is 425. The summed E-state index contributed by atoms with van der Waals surface area (Å²) >= 11 is 23.7. The molecule has 0 bridgehead atoms. The number of carbonyl (C=O) groups is 1. The fourth-order valence-corrected chi connectivity index (χ4v) is 3.32. The first kappa shape index (κ1) is 19.1. The molecule has 7 heteroatoms. The van der Waals surface area contributed by atoms with E-state index in [-0.39, 0.29) is 58.6 Å². The standard InChI is InChI=1S/C11H11Cl4OP.Li/c1-5(2)4-17-11(16)8-9(14)6(12)3-7(13)10(8)15;/h3,5,17H,4H2,1-2H3;. The molecule has 0 saturated heterocycles. The molecule has 0 heterocycles. The van der Waals surface area contributed by atoms with Gasteiger partial charge >= 0.3 is 0 Å². The first-order chi connectivity index (χ1) is 7.84. The van der Waals surface area contributed by atoms with Crippen LogP contribution in [0.3, 0.4) is 0 Å². The summed E-state index contributed by atoms with van der Waals surface area (Å²) in [5.41, 5.74) is 0.142. The third-order valence-electron chi connectivity index (χ3n) is 2.01. The molecule has 1 unspecified atom stereocenters. The van der Waals surface area contributed by atoms with Gasteiger partial charge in [-0.25, -0.2) is 0 Å². The average molecular weight is 339 g/mol. The molecule has 95 valence electrons. The maximum Gasteiger partial charge on any atom is 0.184 e. The Balaban J connectivity index is 0.00000289. The molecule has 0 N–H and O–H groups in total. The first-order valence-electron chi connectivity index (χ1n) is 4.95. The molecule has 0 aliphatic rings. The van der Waals surface area contributed by atoms with Crippen molar-refractivity contribution in [2.75, 3.05) is 6.16 Å². The molecule has 18 heavy (non-hydrogen) atoms. The van der Waals surface area contributed by atoms with Crippen LogP contribution in [0.25, 0.3) is 0 Å². The van der Waals surface area contributed by atoms with Crippen molar-refractivity contribution < 1.29 is 4.79 Å². The van der Waals surface area contributed by atoms with Crippen molar-refractivity contribution in [2.24, 2.45) is 5.92 Å². The van der Waals surface area contributed by atoms with Gasteiger partial charge in [0.2, 0.25) is 0 Å². The number of hydrogen-bond acceptors (Lipinski definition) is 1. The van der Waals surface area contributed by atoms with Crippen molar-refractivity contribution in [3.05, 3.63) is 31.7 Å². The van der Waals surface area contributed by atoms with E-state index in [4.69, 9.17) is 46.4 Å². The Morgan fingerprint density at radius 2 is 1.61 bits per heavy atom. The summed E-state index contributed by atoms with van der Waals surface area (Å²) < 4.78 is 0. The molecule has 0 spiro atoms. The van der Waals surface area contributed by atoms with E-state index in [1.165, 1.54) is 6.07 Å². The van der Waals surface area contributed by atoms with Crippen molar-refractivity contribution in [2.45, 2.75) is 13.8 Å². The molecule has 0 aromatic heterocycles. The van der Waals surface area contributed by atoms with E-state index >= 15 is 0 Å². The minimum atomic E-state index is -0.0990. The quantitative estimate of drug-likeness (QED) is 0.408. The maximum absolute atomic E-state index is 12.0. The SMILES string of the molecule is CC(C)CPC(=O)c1c(Cl)c(Cl)cc(Cl)c1Cl.[Li]. The van der Waals surface area contributed by atoms with Gasteiger partial charge in [-0.05, 0) is 26.7 Å². The zero-order chi connectivity index (χ0) is 13.2. The number of carbonyl (C=O) groups excluding carboxylic acids is 1. The first-order valence-corrected chi connectivity index (χ1v) is 7.67. The molecule has 0 aliphatic carbocycles. The van der Waals surface area contributed by atoms with E-state index in [0.717, 1.165) is 6.16 Å². The van der Waals surface area contributed by atoms with E-state index < -0.39 is 0 Å². The summed E-state index contributed by atoms with van der Waals surface area (Å²) in [6.07, 6.45) is 0.801. The van der Waals surface area contributed by atoms with E-state index in [9.17, 15) is 4.79 Å². The predicted molar refractivity (Wildman–Crippen MR) is 84.6 cm³/mol. The van der Waals surface area contributed by atoms with Crippen molar-refractivity contribution in [1.29, 1.82) is 0 Å². The van der Waals surface area contributed by atoms with Crippen molar-refractivity contribution in [3.63, 3.8) is 0 Å². The van der Waals surface area contributed by atoms with Crippen molar-refractivity contribution >= 4 is 79.4 Å². The largest absolute Gasteiger partial charge is 0.289 e. The summed E-state index contributed by atoms with van der Waals surface area (Å²) in [6, 6.07) is 1.44. The van der Waals surface area contributed by atoms with Gasteiger partial charge in [0.05, 0.1) is 25.7 Å². The van der Waals surface area contributed by atoms with Crippen LogP contribution in [0.5, 0.6) is 0 Å². The molecule has 1 rings (SSSR count). The molecule has 1 nitrogen and oxygen atoms in total. The molecular formula is C11H11Cl4LiOP. The van der Waals surface area contributed by atoms with Crippen molar-refractivity contribution in [1.82, 2.24) is 0 Å². The second-order valence-electron chi connectivity index (χ2n) is 3.95. The van der Waals surface area contributed by atoms with Gasteiger partial charge in [0.15, 0.2) is 5.52 Å². The minimum absolute atomic E-state index is 0. The molecule has 1 radical (unpaired) electrons. The molecule has 1 atom stereocenters. The zero-order valence-corrected chi connectivity index (χ0v) is 14.3. The predicted octanol–water partition coefficient (Wildman–Crippen LogP) is 5.39. The Hall–Kier alpha value is 1.08. The fraction of sp³-hybridized carbons (Fsp3) is 0.364. The molecule has 0 amide bonds. The molecule has 1 aromatic carbocycles. The van der Waals surface area contributed by atoms with Crippen LogP contribution < -0.4 is 0 Å². The van der Waals surface area contributed by atoms with Crippen LogP contribution in [0, 0.1) is 5.92 Å². The van der Waals surface area contributed by atoms with E-state index in [0.29, 0.717) is 5.92 Å². The van der Waals surface area contributed by atoms with Crippen LogP contribution in [0.1, 0.15) is 24.2 Å². The Morgan fingerprint density at radius 3 is 2.00 bits per heavy atom. The number of benzene rings is 1. The van der Waals surface area contributed by atoms with Crippen LogP contribution in [0.4, 0.5) is 0 Å². The zero-order valence-electron chi connectivity index (χ0n) is 10.3. The minimum Gasteiger partial charge on any atom is -0.289 e. The summed E-state index contributed by atoms with van der Waals surface area (Å²) in [4.78, 5) is 12.0. The second kappa shape index (κ2) is 8.38. The second-order valence-corrected chi connectivity index (χ2v) is 6.73. The number of halogens is 4. The Labute approximate surface area is 141 Å². The number of hydrogen-bond donors (Lipinski definition) is 0. The van der Waals surface area contributed by atoms with Gasteiger partial charge < -0.3 is 0 Å². The van der Waals surface area contributed by atoms with Crippen LogP contribution in [-0.2, 0) is 0 Å². The summed E-state index contributed by atoms with van der Waals surface area (Å²) in [7, 11) is 0.124. The Morgan fingerprint density at radius 1 is 1.17 bits per heavy atom. The van der Waals surface area contributed by atoms with Gasteiger partial charge in [-0.3, -0.25) is 4.79 Å². The van der Waals surface area contributed by atoms with E-state index in [1.54, 1.807) is 0 Å². The molecule has 1 aromatic rings. The van der Waals surface area contributed by atoms with Crippen LogP contribution >= 0.6 is 55.0 Å². The average Bonchev–Trinajstić information content (AvgIpc) is 2.24. The van der Waals surface area contributed by atoms with Crippen LogP contribution in [0.2, 0.25) is 20.1 Å². The van der Waals surface area contributed by atoms with Gasteiger partial charge in [-0.1, -0.05) is 60.3 Å². The van der Waals surface area contributed by atoms with Crippen LogP contribution in [-0.4, -0.2) is 30.5 Å². The smallest absolute Gasteiger partial charge is 0.184 e. The molecular weight excluding hydrogens is 328 g/mol. The van der Waals surface area contributed by atoms with Gasteiger partial charge in [-0.2, -0.15) is 0 Å².